The van der Waals surface area contributed by atoms with Crippen molar-refractivity contribution < 1.29 is 8.78 Å². The van der Waals surface area contributed by atoms with Crippen LogP contribution < -0.4 is 5.32 Å². The van der Waals surface area contributed by atoms with Crippen LogP contribution in [0.25, 0.3) is 0 Å². The third-order valence-corrected chi connectivity index (χ3v) is 4.73. The van der Waals surface area contributed by atoms with Gasteiger partial charge in [0.2, 0.25) is 0 Å². The van der Waals surface area contributed by atoms with Gasteiger partial charge in [-0.15, -0.1) is 0 Å². The first-order chi connectivity index (χ1) is 9.66. The Bertz CT molecular complexity index is 469. The third kappa shape index (κ3) is 5.33. The fourth-order valence-corrected chi connectivity index (χ4v) is 2.47. The lowest BCUT2D eigenvalue weighted by molar-refractivity contribution is 0.221. The van der Waals surface area contributed by atoms with Crippen molar-refractivity contribution in [1.29, 1.82) is 0 Å². The van der Waals surface area contributed by atoms with Crippen LogP contribution in [0.5, 0.6) is 0 Å². The molecule has 0 bridgehead atoms. The molecule has 1 N–H and O–H groups in total. The van der Waals surface area contributed by atoms with E-state index in [1.807, 2.05) is 0 Å². The average Bonchev–Trinajstić information content (AvgIpc) is 2.37. The van der Waals surface area contributed by atoms with E-state index in [0.29, 0.717) is 11.5 Å². The Morgan fingerprint density at radius 3 is 2.33 bits per heavy atom. The van der Waals surface area contributed by atoms with Gasteiger partial charge < -0.3 is 5.32 Å². The van der Waals surface area contributed by atoms with E-state index in [4.69, 9.17) is 0 Å². The summed E-state index contributed by atoms with van der Waals surface area (Å²) < 4.78 is 28.2. The fraction of sp³-hybridized carbons (Fsp3) is 0.647. The molecule has 0 saturated carbocycles. The van der Waals surface area contributed by atoms with Gasteiger partial charge in [0.05, 0.1) is 4.47 Å². The van der Waals surface area contributed by atoms with Crippen LogP contribution >= 0.6 is 15.9 Å². The van der Waals surface area contributed by atoms with E-state index in [2.05, 4.69) is 55.9 Å². The predicted molar refractivity (Wildman–Crippen MR) is 88.3 cm³/mol. The summed E-state index contributed by atoms with van der Waals surface area (Å²) in [7, 11) is 0. The van der Waals surface area contributed by atoms with Gasteiger partial charge in [0.25, 0.3) is 0 Å². The number of hydrogen-bond donors (Lipinski definition) is 1. The second kappa shape index (κ2) is 7.68. The van der Waals surface area contributed by atoms with Gasteiger partial charge in [0, 0.05) is 11.6 Å². The van der Waals surface area contributed by atoms with Crippen LogP contribution in [0, 0.1) is 23.0 Å². The predicted octanol–water partition coefficient (Wildman–Crippen LogP) is 5.84. The summed E-state index contributed by atoms with van der Waals surface area (Å²) >= 11 is 3.03. The molecule has 1 aromatic rings. The Kier molecular flexibility index (Phi) is 6.79. The SMILES string of the molecule is CCCNC(CC(C)C(C)(C)C)c1cc(F)c(Br)cc1F. The molecule has 120 valence electrons. The summed E-state index contributed by atoms with van der Waals surface area (Å²) in [5, 5.41) is 3.35. The van der Waals surface area contributed by atoms with Crippen LogP contribution in [0.1, 0.15) is 59.1 Å². The van der Waals surface area contributed by atoms with Crippen molar-refractivity contribution in [1.82, 2.24) is 5.32 Å². The highest BCUT2D eigenvalue weighted by molar-refractivity contribution is 9.10. The number of halogens is 3. The summed E-state index contributed by atoms with van der Waals surface area (Å²) in [6, 6.07) is 2.36. The normalized spacial score (nSPS) is 15.0. The quantitative estimate of drug-likeness (QED) is 0.627. The molecule has 0 fully saturated rings. The first-order valence-electron chi connectivity index (χ1n) is 7.54. The fourth-order valence-electron chi connectivity index (χ4n) is 2.15. The van der Waals surface area contributed by atoms with Gasteiger partial charge in [-0.1, -0.05) is 34.6 Å². The summed E-state index contributed by atoms with van der Waals surface area (Å²) in [5.41, 5.74) is 0.552. The molecule has 0 heterocycles. The van der Waals surface area contributed by atoms with Gasteiger partial charge >= 0.3 is 0 Å². The Labute approximate surface area is 135 Å². The van der Waals surface area contributed by atoms with E-state index in [1.165, 1.54) is 12.1 Å². The van der Waals surface area contributed by atoms with Crippen molar-refractivity contribution in [3.63, 3.8) is 0 Å². The third-order valence-electron chi connectivity index (χ3n) is 4.12. The summed E-state index contributed by atoms with van der Waals surface area (Å²) in [6.45, 7) is 11.5. The van der Waals surface area contributed by atoms with Crippen LogP contribution in [0.2, 0.25) is 0 Å². The molecular weight excluding hydrogens is 336 g/mol. The molecule has 2 unspecified atom stereocenters. The highest BCUT2D eigenvalue weighted by Crippen LogP contribution is 2.35. The molecule has 2 atom stereocenters. The van der Waals surface area contributed by atoms with Crippen molar-refractivity contribution in [2.24, 2.45) is 11.3 Å². The largest absolute Gasteiger partial charge is 0.310 e. The Hall–Kier alpha value is -0.480. The van der Waals surface area contributed by atoms with Crippen LogP contribution in [0.15, 0.2) is 16.6 Å². The zero-order chi connectivity index (χ0) is 16.2. The van der Waals surface area contributed by atoms with Gasteiger partial charge in [-0.3, -0.25) is 0 Å². The maximum Gasteiger partial charge on any atom is 0.137 e. The van der Waals surface area contributed by atoms with E-state index in [0.717, 1.165) is 19.4 Å². The second-order valence-electron chi connectivity index (χ2n) is 6.80. The Morgan fingerprint density at radius 1 is 1.19 bits per heavy atom. The molecule has 1 rings (SSSR count). The Morgan fingerprint density at radius 2 is 1.81 bits per heavy atom. The number of benzene rings is 1. The molecule has 21 heavy (non-hydrogen) atoms. The molecule has 1 aromatic carbocycles. The molecule has 0 aliphatic rings. The minimum atomic E-state index is -0.418. The van der Waals surface area contributed by atoms with Crippen molar-refractivity contribution in [3.05, 3.63) is 33.8 Å². The highest BCUT2D eigenvalue weighted by atomic mass is 79.9. The molecule has 0 radical (unpaired) electrons. The van der Waals surface area contributed by atoms with Crippen molar-refractivity contribution >= 4 is 15.9 Å². The molecule has 0 aromatic heterocycles. The second-order valence-corrected chi connectivity index (χ2v) is 7.65. The zero-order valence-corrected chi connectivity index (χ0v) is 15.2. The summed E-state index contributed by atoms with van der Waals surface area (Å²) in [4.78, 5) is 0. The molecule has 0 amide bonds. The first-order valence-corrected chi connectivity index (χ1v) is 8.34. The minimum Gasteiger partial charge on any atom is -0.310 e. The van der Waals surface area contributed by atoms with Crippen LogP contribution in [0.3, 0.4) is 0 Å². The van der Waals surface area contributed by atoms with Crippen LogP contribution in [-0.4, -0.2) is 6.54 Å². The van der Waals surface area contributed by atoms with Gasteiger partial charge in [-0.05, 0) is 58.8 Å². The van der Waals surface area contributed by atoms with Crippen LogP contribution in [0.4, 0.5) is 8.78 Å². The molecule has 1 nitrogen and oxygen atoms in total. The van der Waals surface area contributed by atoms with Crippen molar-refractivity contribution in [2.75, 3.05) is 6.54 Å². The molecule has 0 aliphatic heterocycles. The van der Waals surface area contributed by atoms with Gasteiger partial charge in [-0.25, -0.2) is 8.78 Å². The minimum absolute atomic E-state index is 0.135. The van der Waals surface area contributed by atoms with Gasteiger partial charge in [0.15, 0.2) is 0 Å². The highest BCUT2D eigenvalue weighted by Gasteiger charge is 2.26. The maximum atomic E-state index is 14.2. The number of nitrogens with one attached hydrogen (secondary N) is 1. The molecule has 0 saturated heterocycles. The topological polar surface area (TPSA) is 12.0 Å². The number of rotatable bonds is 6. The standard InChI is InChI=1S/C17H26BrF2N/c1-6-7-21-16(8-11(2)17(3,4)5)12-9-15(20)13(18)10-14(12)19/h9-11,16,21H,6-8H2,1-5H3. The lowest BCUT2D eigenvalue weighted by Gasteiger charge is -2.31. The van der Waals surface area contributed by atoms with E-state index >= 15 is 0 Å². The average molecular weight is 362 g/mol. The lowest BCUT2D eigenvalue weighted by Crippen LogP contribution is -2.28. The van der Waals surface area contributed by atoms with E-state index in [-0.39, 0.29) is 21.7 Å². The van der Waals surface area contributed by atoms with Gasteiger partial charge in [0.1, 0.15) is 11.6 Å². The number of hydrogen-bond acceptors (Lipinski definition) is 1. The molecule has 0 spiro atoms. The lowest BCUT2D eigenvalue weighted by atomic mass is 9.77. The van der Waals surface area contributed by atoms with E-state index in [1.54, 1.807) is 0 Å². The van der Waals surface area contributed by atoms with Crippen molar-refractivity contribution in [2.45, 2.75) is 53.5 Å². The molecule has 4 heteroatoms. The monoisotopic (exact) mass is 361 g/mol. The van der Waals surface area contributed by atoms with Gasteiger partial charge in [-0.2, -0.15) is 0 Å². The summed E-state index contributed by atoms with van der Waals surface area (Å²) in [5.74, 6) is -0.394. The molecular formula is C17H26BrF2N. The van der Waals surface area contributed by atoms with Crippen molar-refractivity contribution in [3.8, 4) is 0 Å². The van der Waals surface area contributed by atoms with Crippen LogP contribution in [-0.2, 0) is 0 Å². The molecule has 0 aliphatic carbocycles. The maximum absolute atomic E-state index is 14.2. The smallest absolute Gasteiger partial charge is 0.137 e. The van der Waals surface area contributed by atoms with E-state index in [9.17, 15) is 8.78 Å². The summed E-state index contributed by atoms with van der Waals surface area (Å²) in [6.07, 6.45) is 1.74. The zero-order valence-electron chi connectivity index (χ0n) is 13.6. The Balaban J connectivity index is 3.05. The van der Waals surface area contributed by atoms with E-state index < -0.39 is 5.82 Å². The first kappa shape index (κ1) is 18.6.